The highest BCUT2D eigenvalue weighted by Gasteiger charge is 2.16. The fourth-order valence-electron chi connectivity index (χ4n) is 4.88. The SMILES string of the molecule is C=C(NC(CCC)CCC)c1cnn2ccc(/C(=C/C)c3cnc(NC(CC)CCC)nc3C)cc12.CC. The number of aromatic nitrogens is 4. The van der Waals surface area contributed by atoms with Crippen molar-refractivity contribution in [3.05, 3.63) is 65.8 Å². The maximum atomic E-state index is 4.80. The normalized spacial score (nSPS) is 12.3. The molecule has 6 nitrogen and oxygen atoms in total. The lowest BCUT2D eigenvalue weighted by Crippen LogP contribution is -2.27. The number of aryl methyl sites for hydroxylation is 1. The second kappa shape index (κ2) is 16.0. The number of pyridine rings is 1. The minimum absolute atomic E-state index is 0.403. The van der Waals surface area contributed by atoms with E-state index < -0.39 is 0 Å². The monoisotopic (exact) mass is 518 g/mol. The summed E-state index contributed by atoms with van der Waals surface area (Å²) in [6, 6.07) is 5.14. The van der Waals surface area contributed by atoms with Gasteiger partial charge in [0.25, 0.3) is 0 Å². The van der Waals surface area contributed by atoms with Gasteiger partial charge in [0, 0.05) is 41.3 Å². The van der Waals surface area contributed by atoms with Gasteiger partial charge in [0.05, 0.1) is 17.4 Å². The second-order valence-corrected chi connectivity index (χ2v) is 9.63. The molecule has 1 atom stereocenters. The van der Waals surface area contributed by atoms with Gasteiger partial charge in [0.15, 0.2) is 0 Å². The zero-order chi connectivity index (χ0) is 28.1. The molecular formula is C32H50N6. The van der Waals surface area contributed by atoms with Crippen LogP contribution in [0, 0.1) is 6.92 Å². The van der Waals surface area contributed by atoms with Gasteiger partial charge in [0.1, 0.15) is 0 Å². The largest absolute Gasteiger partial charge is 0.382 e. The lowest BCUT2D eigenvalue weighted by atomic mass is 9.98. The lowest BCUT2D eigenvalue weighted by Gasteiger charge is -2.20. The Morgan fingerprint density at radius 3 is 2.24 bits per heavy atom. The number of nitrogens with one attached hydrogen (secondary N) is 2. The molecule has 1 unspecified atom stereocenters. The number of rotatable bonds is 14. The van der Waals surface area contributed by atoms with E-state index in [1.54, 1.807) is 0 Å². The lowest BCUT2D eigenvalue weighted by molar-refractivity contribution is 0.502. The molecule has 0 spiro atoms. The van der Waals surface area contributed by atoms with Gasteiger partial charge in [-0.05, 0) is 62.8 Å². The van der Waals surface area contributed by atoms with E-state index in [2.05, 4.69) is 87.0 Å². The van der Waals surface area contributed by atoms with Crippen LogP contribution in [0.2, 0.25) is 0 Å². The van der Waals surface area contributed by atoms with Crippen LogP contribution in [0.1, 0.15) is 116 Å². The van der Waals surface area contributed by atoms with Crippen molar-refractivity contribution >= 4 is 22.7 Å². The van der Waals surface area contributed by atoms with Crippen LogP contribution in [0.4, 0.5) is 5.95 Å². The van der Waals surface area contributed by atoms with Gasteiger partial charge >= 0.3 is 0 Å². The molecule has 0 aliphatic carbocycles. The van der Waals surface area contributed by atoms with Crippen molar-refractivity contribution < 1.29 is 0 Å². The van der Waals surface area contributed by atoms with Crippen molar-refractivity contribution in [2.45, 2.75) is 112 Å². The van der Waals surface area contributed by atoms with Gasteiger partial charge in [-0.15, -0.1) is 0 Å². The topological polar surface area (TPSA) is 67.1 Å². The summed E-state index contributed by atoms with van der Waals surface area (Å²) in [6.07, 6.45) is 15.9. The summed E-state index contributed by atoms with van der Waals surface area (Å²) in [5, 5.41) is 11.7. The van der Waals surface area contributed by atoms with Crippen molar-refractivity contribution in [1.82, 2.24) is 24.9 Å². The zero-order valence-corrected chi connectivity index (χ0v) is 25.1. The highest BCUT2D eigenvalue weighted by Crippen LogP contribution is 2.28. The Morgan fingerprint density at radius 1 is 1.00 bits per heavy atom. The van der Waals surface area contributed by atoms with E-state index in [0.717, 1.165) is 84.1 Å². The third-order valence-corrected chi connectivity index (χ3v) is 6.83. The molecule has 3 aromatic rings. The first-order valence-corrected chi connectivity index (χ1v) is 14.7. The van der Waals surface area contributed by atoms with Crippen LogP contribution in [0.15, 0.2) is 43.4 Å². The quantitative estimate of drug-likeness (QED) is 0.224. The summed E-state index contributed by atoms with van der Waals surface area (Å²) in [4.78, 5) is 9.46. The standard InChI is InChI=1S/C30H44N6.C2H6/c1-8-13-24(11-4)35-30-31-19-27(21(6)34-30)26(12-5)23-16-17-36-29(18-23)28(20-32-36)22(7)33-25(14-9-2)15-10-3;1-2/h12,16-20,24-25,33H,7-11,13-15H2,1-6H3,(H,31,34,35);1-2H3/b26-12-;. The minimum Gasteiger partial charge on any atom is -0.382 e. The summed E-state index contributed by atoms with van der Waals surface area (Å²) in [5.74, 6) is 0.705. The summed E-state index contributed by atoms with van der Waals surface area (Å²) in [5.41, 5.74) is 7.25. The molecule has 3 rings (SSSR count). The molecule has 0 aliphatic rings. The number of fused-ring (bicyclic) bond motifs is 1. The molecule has 0 radical (unpaired) electrons. The Labute approximate surface area is 231 Å². The third kappa shape index (κ3) is 7.92. The Morgan fingerprint density at radius 2 is 1.66 bits per heavy atom. The number of hydrogen-bond donors (Lipinski definition) is 2. The van der Waals surface area contributed by atoms with Gasteiger partial charge < -0.3 is 10.6 Å². The van der Waals surface area contributed by atoms with E-state index in [1.807, 2.05) is 37.0 Å². The van der Waals surface area contributed by atoms with Crippen LogP contribution in [0.25, 0.3) is 16.8 Å². The molecule has 3 aromatic heterocycles. The van der Waals surface area contributed by atoms with Crippen LogP contribution in [0.3, 0.4) is 0 Å². The van der Waals surface area contributed by atoms with Crippen molar-refractivity contribution in [3.63, 3.8) is 0 Å². The van der Waals surface area contributed by atoms with Crippen LogP contribution in [-0.2, 0) is 0 Å². The maximum absolute atomic E-state index is 4.80. The molecule has 0 fully saturated rings. The highest BCUT2D eigenvalue weighted by atomic mass is 15.2. The first-order valence-electron chi connectivity index (χ1n) is 14.7. The fraction of sp³-hybridized carbons (Fsp3) is 0.531. The summed E-state index contributed by atoms with van der Waals surface area (Å²) < 4.78 is 1.92. The van der Waals surface area contributed by atoms with E-state index in [1.165, 1.54) is 0 Å². The Balaban J connectivity index is 0.00000247. The Kier molecular flexibility index (Phi) is 13.0. The molecule has 38 heavy (non-hydrogen) atoms. The summed E-state index contributed by atoms with van der Waals surface area (Å²) in [7, 11) is 0. The van der Waals surface area contributed by atoms with E-state index in [9.17, 15) is 0 Å². The molecule has 0 bridgehead atoms. The number of anilines is 1. The smallest absolute Gasteiger partial charge is 0.223 e. The highest BCUT2D eigenvalue weighted by molar-refractivity contribution is 5.84. The van der Waals surface area contributed by atoms with E-state index in [0.29, 0.717) is 18.0 Å². The average molecular weight is 519 g/mol. The van der Waals surface area contributed by atoms with Gasteiger partial charge in [0.2, 0.25) is 5.95 Å². The van der Waals surface area contributed by atoms with Gasteiger partial charge in [-0.25, -0.2) is 14.5 Å². The molecule has 6 heteroatoms. The summed E-state index contributed by atoms with van der Waals surface area (Å²) >= 11 is 0. The molecule has 3 heterocycles. The Hall–Kier alpha value is -3.15. The van der Waals surface area contributed by atoms with Crippen LogP contribution >= 0.6 is 0 Å². The minimum atomic E-state index is 0.403. The third-order valence-electron chi connectivity index (χ3n) is 6.83. The van der Waals surface area contributed by atoms with E-state index in [4.69, 9.17) is 4.98 Å². The molecule has 0 saturated heterocycles. The number of hydrogen-bond acceptors (Lipinski definition) is 5. The molecule has 2 N–H and O–H groups in total. The first-order chi connectivity index (χ1) is 18.4. The second-order valence-electron chi connectivity index (χ2n) is 9.63. The van der Waals surface area contributed by atoms with E-state index >= 15 is 0 Å². The van der Waals surface area contributed by atoms with Gasteiger partial charge in [-0.2, -0.15) is 5.10 Å². The molecule has 0 amide bonds. The predicted octanol–water partition coefficient (Wildman–Crippen LogP) is 8.43. The first kappa shape index (κ1) is 31.1. The van der Waals surface area contributed by atoms with E-state index in [-0.39, 0.29) is 0 Å². The van der Waals surface area contributed by atoms with Crippen LogP contribution in [0.5, 0.6) is 0 Å². The van der Waals surface area contributed by atoms with Crippen molar-refractivity contribution in [3.8, 4) is 0 Å². The van der Waals surface area contributed by atoms with Crippen molar-refractivity contribution in [2.75, 3.05) is 5.32 Å². The molecule has 0 aromatic carbocycles. The summed E-state index contributed by atoms with van der Waals surface area (Å²) in [6.45, 7) is 21.4. The fourth-order valence-corrected chi connectivity index (χ4v) is 4.88. The Bertz CT molecular complexity index is 1170. The van der Waals surface area contributed by atoms with Crippen LogP contribution < -0.4 is 10.6 Å². The van der Waals surface area contributed by atoms with Crippen LogP contribution in [-0.4, -0.2) is 31.7 Å². The molecular weight excluding hydrogens is 468 g/mol. The predicted molar refractivity (Wildman–Crippen MR) is 164 cm³/mol. The maximum Gasteiger partial charge on any atom is 0.223 e. The number of nitrogens with zero attached hydrogens (tertiary/aromatic N) is 4. The number of allylic oxidation sites excluding steroid dienone is 1. The van der Waals surface area contributed by atoms with Gasteiger partial charge in [-0.3, -0.25) is 0 Å². The molecule has 208 valence electrons. The molecule has 0 aliphatic heterocycles. The molecule has 0 saturated carbocycles. The zero-order valence-electron chi connectivity index (χ0n) is 25.1. The van der Waals surface area contributed by atoms with Gasteiger partial charge in [-0.1, -0.05) is 73.5 Å². The average Bonchev–Trinajstić information content (AvgIpc) is 3.35. The van der Waals surface area contributed by atoms with Crippen molar-refractivity contribution in [2.24, 2.45) is 0 Å². The van der Waals surface area contributed by atoms with Crippen molar-refractivity contribution in [1.29, 1.82) is 0 Å².